The fourth-order valence-electron chi connectivity index (χ4n) is 4.04. The number of benzene rings is 1. The Morgan fingerprint density at radius 3 is 2.72 bits per heavy atom. The first-order chi connectivity index (χ1) is 14.2. The van der Waals surface area contributed by atoms with Crippen LogP contribution in [-0.4, -0.2) is 60.2 Å². The Labute approximate surface area is 172 Å². The standard InChI is InChI=1S/C22H29N5O2/c1-29-21(28)18-8-6-7-17(13-18)14-26-15-19(16-26)24-22-23-10-9-20(25-22)27-11-4-2-3-5-12-27/h6-10,13,19H,2-5,11-12,14-16H2,1H3,(H,23,24,25). The molecule has 0 spiro atoms. The van der Waals surface area contributed by atoms with E-state index in [1.165, 1.54) is 32.8 Å². The van der Waals surface area contributed by atoms with Crippen molar-refractivity contribution in [2.75, 3.05) is 43.5 Å². The summed E-state index contributed by atoms with van der Waals surface area (Å²) in [6.45, 7) is 4.84. The molecule has 0 saturated carbocycles. The summed E-state index contributed by atoms with van der Waals surface area (Å²) in [5.41, 5.74) is 1.71. The Bertz CT molecular complexity index is 829. The Balaban J connectivity index is 1.29. The number of nitrogens with zero attached hydrogens (tertiary/aromatic N) is 4. The van der Waals surface area contributed by atoms with Gasteiger partial charge in [-0.1, -0.05) is 25.0 Å². The molecule has 0 unspecified atom stereocenters. The smallest absolute Gasteiger partial charge is 0.337 e. The number of aromatic nitrogens is 2. The van der Waals surface area contributed by atoms with E-state index in [1.807, 2.05) is 30.5 Å². The fraction of sp³-hybridized carbons (Fsp3) is 0.500. The predicted molar refractivity (Wildman–Crippen MR) is 113 cm³/mol. The average Bonchev–Trinajstić information content (AvgIpc) is 3.01. The van der Waals surface area contributed by atoms with Crippen LogP contribution in [0.2, 0.25) is 0 Å². The molecule has 1 aromatic carbocycles. The van der Waals surface area contributed by atoms with Crippen molar-refractivity contribution in [3.05, 3.63) is 47.7 Å². The van der Waals surface area contributed by atoms with Crippen LogP contribution in [0.5, 0.6) is 0 Å². The molecule has 4 rings (SSSR count). The van der Waals surface area contributed by atoms with Crippen molar-refractivity contribution in [3.8, 4) is 0 Å². The van der Waals surface area contributed by atoms with E-state index in [-0.39, 0.29) is 5.97 Å². The number of hydrogen-bond donors (Lipinski definition) is 1. The molecular formula is C22H29N5O2. The molecule has 2 saturated heterocycles. The van der Waals surface area contributed by atoms with Crippen molar-refractivity contribution in [1.29, 1.82) is 0 Å². The van der Waals surface area contributed by atoms with E-state index in [2.05, 4.69) is 20.1 Å². The van der Waals surface area contributed by atoms with Gasteiger partial charge in [0.15, 0.2) is 0 Å². The van der Waals surface area contributed by atoms with Crippen LogP contribution in [-0.2, 0) is 11.3 Å². The maximum Gasteiger partial charge on any atom is 0.337 e. The van der Waals surface area contributed by atoms with Crippen molar-refractivity contribution in [1.82, 2.24) is 14.9 Å². The molecule has 7 nitrogen and oxygen atoms in total. The number of nitrogens with one attached hydrogen (secondary N) is 1. The third-order valence-electron chi connectivity index (χ3n) is 5.62. The Morgan fingerprint density at radius 2 is 1.97 bits per heavy atom. The van der Waals surface area contributed by atoms with Crippen molar-refractivity contribution >= 4 is 17.7 Å². The number of methoxy groups -OCH3 is 1. The van der Waals surface area contributed by atoms with Gasteiger partial charge in [-0.05, 0) is 36.6 Å². The minimum absolute atomic E-state index is 0.295. The zero-order chi connectivity index (χ0) is 20.1. The summed E-state index contributed by atoms with van der Waals surface area (Å²) < 4.78 is 4.80. The first kappa shape index (κ1) is 19.6. The largest absolute Gasteiger partial charge is 0.465 e. The molecule has 0 bridgehead atoms. The number of carbonyl (C=O) groups is 1. The number of anilines is 2. The van der Waals surface area contributed by atoms with Crippen LogP contribution in [0.15, 0.2) is 36.5 Å². The van der Waals surface area contributed by atoms with Gasteiger partial charge in [0.2, 0.25) is 5.95 Å². The lowest BCUT2D eigenvalue weighted by molar-refractivity contribution is 0.0600. The molecule has 29 heavy (non-hydrogen) atoms. The van der Waals surface area contributed by atoms with Crippen LogP contribution in [0.3, 0.4) is 0 Å². The summed E-state index contributed by atoms with van der Waals surface area (Å²) in [5.74, 6) is 1.45. The number of likely N-dealkylation sites (tertiary alicyclic amines) is 1. The van der Waals surface area contributed by atoms with Crippen LogP contribution < -0.4 is 10.2 Å². The number of esters is 1. The molecule has 1 aromatic heterocycles. The van der Waals surface area contributed by atoms with Gasteiger partial charge in [-0.15, -0.1) is 0 Å². The minimum Gasteiger partial charge on any atom is -0.465 e. The van der Waals surface area contributed by atoms with Crippen molar-refractivity contribution in [3.63, 3.8) is 0 Å². The highest BCUT2D eigenvalue weighted by Crippen LogP contribution is 2.20. The van der Waals surface area contributed by atoms with Gasteiger partial charge in [-0.2, -0.15) is 4.98 Å². The second kappa shape index (κ2) is 9.22. The van der Waals surface area contributed by atoms with E-state index in [1.54, 1.807) is 6.07 Å². The summed E-state index contributed by atoms with van der Waals surface area (Å²) in [6.07, 6.45) is 6.95. The molecule has 0 aliphatic carbocycles. The van der Waals surface area contributed by atoms with Gasteiger partial charge in [0.05, 0.1) is 18.7 Å². The highest BCUT2D eigenvalue weighted by molar-refractivity contribution is 5.89. The maximum absolute atomic E-state index is 11.7. The lowest BCUT2D eigenvalue weighted by Gasteiger charge is -2.39. The van der Waals surface area contributed by atoms with Crippen LogP contribution in [0.25, 0.3) is 0 Å². The summed E-state index contributed by atoms with van der Waals surface area (Å²) in [5, 5.41) is 3.46. The molecule has 0 atom stereocenters. The molecule has 7 heteroatoms. The van der Waals surface area contributed by atoms with Gasteiger partial charge < -0.3 is 15.0 Å². The number of carbonyl (C=O) groups excluding carboxylic acids is 1. The topological polar surface area (TPSA) is 70.6 Å². The van der Waals surface area contributed by atoms with Gasteiger partial charge in [0.25, 0.3) is 0 Å². The first-order valence-electron chi connectivity index (χ1n) is 10.5. The summed E-state index contributed by atoms with van der Waals surface area (Å²) >= 11 is 0. The normalized spacial score (nSPS) is 18.0. The lowest BCUT2D eigenvalue weighted by Crippen LogP contribution is -2.54. The SMILES string of the molecule is COC(=O)c1cccc(CN2CC(Nc3nccc(N4CCCCCC4)n3)C2)c1. The van der Waals surface area contributed by atoms with E-state index < -0.39 is 0 Å². The Hall–Kier alpha value is -2.67. The van der Waals surface area contributed by atoms with Crippen molar-refractivity contribution in [2.45, 2.75) is 38.3 Å². The van der Waals surface area contributed by atoms with Crippen LogP contribution in [0, 0.1) is 0 Å². The highest BCUT2D eigenvalue weighted by atomic mass is 16.5. The third kappa shape index (κ3) is 5.03. The number of rotatable bonds is 6. The first-order valence-corrected chi connectivity index (χ1v) is 10.5. The average molecular weight is 396 g/mol. The zero-order valence-corrected chi connectivity index (χ0v) is 17.0. The monoisotopic (exact) mass is 395 g/mol. The second-order valence-corrected chi connectivity index (χ2v) is 7.87. The predicted octanol–water partition coefficient (Wildman–Crippen LogP) is 2.94. The van der Waals surface area contributed by atoms with Gasteiger partial charge >= 0.3 is 5.97 Å². The van der Waals surface area contributed by atoms with E-state index in [9.17, 15) is 4.79 Å². The van der Waals surface area contributed by atoms with Gasteiger partial charge in [0.1, 0.15) is 5.82 Å². The molecule has 1 N–H and O–H groups in total. The molecule has 2 aliphatic rings. The van der Waals surface area contributed by atoms with E-state index in [0.717, 1.165) is 44.1 Å². The second-order valence-electron chi connectivity index (χ2n) is 7.87. The maximum atomic E-state index is 11.7. The van der Waals surface area contributed by atoms with Crippen molar-refractivity contribution < 1.29 is 9.53 Å². The fourth-order valence-corrected chi connectivity index (χ4v) is 4.04. The molecule has 0 amide bonds. The quantitative estimate of drug-likeness (QED) is 0.754. The van der Waals surface area contributed by atoms with E-state index in [4.69, 9.17) is 9.72 Å². The van der Waals surface area contributed by atoms with E-state index >= 15 is 0 Å². The van der Waals surface area contributed by atoms with Crippen LogP contribution >= 0.6 is 0 Å². The molecule has 2 aromatic rings. The van der Waals surface area contributed by atoms with Gasteiger partial charge in [-0.25, -0.2) is 9.78 Å². The molecule has 3 heterocycles. The van der Waals surface area contributed by atoms with E-state index in [0.29, 0.717) is 17.6 Å². The Kier molecular flexibility index (Phi) is 6.24. The van der Waals surface area contributed by atoms with Crippen LogP contribution in [0.1, 0.15) is 41.6 Å². The summed E-state index contributed by atoms with van der Waals surface area (Å²) in [6, 6.07) is 9.99. The molecular weight excluding hydrogens is 366 g/mol. The molecule has 154 valence electrons. The third-order valence-corrected chi connectivity index (χ3v) is 5.62. The highest BCUT2D eigenvalue weighted by Gasteiger charge is 2.27. The summed E-state index contributed by atoms with van der Waals surface area (Å²) in [4.78, 5) is 25.6. The lowest BCUT2D eigenvalue weighted by atomic mass is 10.1. The van der Waals surface area contributed by atoms with Gasteiger partial charge in [0, 0.05) is 38.9 Å². The van der Waals surface area contributed by atoms with Crippen LogP contribution in [0.4, 0.5) is 11.8 Å². The minimum atomic E-state index is -0.295. The number of ether oxygens (including phenoxy) is 1. The molecule has 2 fully saturated rings. The zero-order valence-electron chi connectivity index (χ0n) is 17.0. The van der Waals surface area contributed by atoms with Crippen molar-refractivity contribution in [2.24, 2.45) is 0 Å². The Morgan fingerprint density at radius 1 is 1.17 bits per heavy atom. The molecule has 2 aliphatic heterocycles. The number of hydrogen-bond acceptors (Lipinski definition) is 7. The summed E-state index contributed by atoms with van der Waals surface area (Å²) in [7, 11) is 1.41. The van der Waals surface area contributed by atoms with Gasteiger partial charge in [-0.3, -0.25) is 4.90 Å². The molecule has 0 radical (unpaired) electrons.